The Morgan fingerprint density at radius 2 is 1.62 bits per heavy atom. The maximum Gasteiger partial charge on any atom is 0.419 e. The molecule has 3 aromatic rings. The van der Waals surface area contributed by atoms with Crippen molar-refractivity contribution in [1.82, 2.24) is 4.57 Å². The molecule has 8 heteroatoms. The standard InChI is InChI=1S/C26H30N2O5Si/c1-26(2,3)32-25(30)28-18-20(21-14-10-11-15-22(21)28)16-27-17-23(33-34(4,5)6)31-24(29)19-12-8-7-9-13-19/h7-18H,1-6H3/b23-17-,27-16?. The van der Waals surface area contributed by atoms with Gasteiger partial charge in [-0.1, -0.05) is 36.4 Å². The van der Waals surface area contributed by atoms with E-state index in [2.05, 4.69) is 4.99 Å². The Kier molecular flexibility index (Phi) is 7.41. The minimum atomic E-state index is -2.08. The first-order chi connectivity index (χ1) is 15.9. The lowest BCUT2D eigenvalue weighted by Gasteiger charge is -2.20. The zero-order valence-corrected chi connectivity index (χ0v) is 21.4. The van der Waals surface area contributed by atoms with Crippen molar-refractivity contribution in [3.05, 3.63) is 84.1 Å². The number of rotatable bonds is 6. The Bertz CT molecular complexity index is 1230. The van der Waals surface area contributed by atoms with Gasteiger partial charge >= 0.3 is 12.1 Å². The lowest BCUT2D eigenvalue weighted by atomic mass is 10.2. The minimum Gasteiger partial charge on any atom is -0.518 e. The summed E-state index contributed by atoms with van der Waals surface area (Å²) >= 11 is 0. The molecule has 2 aromatic carbocycles. The van der Waals surface area contributed by atoms with Crippen LogP contribution >= 0.6 is 0 Å². The maximum atomic E-state index is 12.7. The molecule has 0 saturated carbocycles. The number of carbonyl (C=O) groups excluding carboxylic acids is 2. The molecule has 3 rings (SSSR count). The highest BCUT2D eigenvalue weighted by Gasteiger charge is 2.22. The fourth-order valence-corrected chi connectivity index (χ4v) is 3.75. The Hall–Kier alpha value is -3.65. The van der Waals surface area contributed by atoms with Crippen molar-refractivity contribution >= 4 is 37.5 Å². The predicted molar refractivity (Wildman–Crippen MR) is 136 cm³/mol. The molecular formula is C26H30N2O5Si. The first kappa shape index (κ1) is 25.0. The number of aromatic nitrogens is 1. The number of hydrogen-bond acceptors (Lipinski definition) is 6. The van der Waals surface area contributed by atoms with Crippen LogP contribution in [0.1, 0.15) is 36.7 Å². The second-order valence-corrected chi connectivity index (χ2v) is 14.1. The van der Waals surface area contributed by atoms with Gasteiger partial charge in [-0.3, -0.25) is 9.56 Å². The van der Waals surface area contributed by atoms with Crippen LogP contribution in [-0.4, -0.2) is 36.8 Å². The fourth-order valence-electron chi connectivity index (χ4n) is 3.05. The van der Waals surface area contributed by atoms with Crippen LogP contribution in [0.5, 0.6) is 0 Å². The molecule has 1 aromatic heterocycles. The summed E-state index contributed by atoms with van der Waals surface area (Å²) < 4.78 is 18.4. The van der Waals surface area contributed by atoms with Crippen LogP contribution in [0, 0.1) is 0 Å². The number of hydrogen-bond donors (Lipinski definition) is 0. The number of fused-ring (bicyclic) bond motifs is 1. The molecule has 0 aliphatic carbocycles. The SMILES string of the molecule is CC(C)(C)OC(=O)n1cc(C=N/C=C(/OC(=O)c2ccccc2)O[Si](C)(C)C)c2ccccc21. The van der Waals surface area contributed by atoms with Crippen molar-refractivity contribution in [1.29, 1.82) is 0 Å². The van der Waals surface area contributed by atoms with Gasteiger partial charge in [0.2, 0.25) is 8.32 Å². The largest absolute Gasteiger partial charge is 0.518 e. The summed E-state index contributed by atoms with van der Waals surface area (Å²) in [5, 5.41) is 0.833. The highest BCUT2D eigenvalue weighted by atomic mass is 28.4. The molecule has 178 valence electrons. The van der Waals surface area contributed by atoms with Gasteiger partial charge in [0.15, 0.2) is 0 Å². The molecular weight excluding hydrogens is 448 g/mol. The second-order valence-electron chi connectivity index (χ2n) is 9.65. The van der Waals surface area contributed by atoms with Crippen LogP contribution in [0.15, 0.2) is 77.9 Å². The maximum absolute atomic E-state index is 12.7. The van der Waals surface area contributed by atoms with E-state index in [0.717, 1.165) is 5.39 Å². The lowest BCUT2D eigenvalue weighted by molar-refractivity contribution is 0.0466. The molecule has 0 bridgehead atoms. The van der Waals surface area contributed by atoms with Gasteiger partial charge in [-0.2, -0.15) is 0 Å². The third-order valence-corrected chi connectivity index (χ3v) is 5.15. The monoisotopic (exact) mass is 478 g/mol. The van der Waals surface area contributed by atoms with Gasteiger partial charge in [0.25, 0.3) is 5.95 Å². The summed E-state index contributed by atoms with van der Waals surface area (Å²) in [4.78, 5) is 29.5. The number of benzene rings is 2. The zero-order valence-electron chi connectivity index (χ0n) is 20.4. The van der Waals surface area contributed by atoms with Crippen LogP contribution in [0.4, 0.5) is 4.79 Å². The topological polar surface area (TPSA) is 79.1 Å². The summed E-state index contributed by atoms with van der Waals surface area (Å²) in [5.41, 5.74) is 1.21. The van der Waals surface area contributed by atoms with Gasteiger partial charge in [-0.25, -0.2) is 9.59 Å². The minimum absolute atomic E-state index is 0.0279. The molecule has 0 atom stereocenters. The average Bonchev–Trinajstić information content (AvgIpc) is 3.11. The summed E-state index contributed by atoms with van der Waals surface area (Å²) in [6.45, 7) is 11.4. The fraction of sp³-hybridized carbons (Fsp3) is 0.269. The summed E-state index contributed by atoms with van der Waals surface area (Å²) in [5.74, 6) is -0.498. The normalized spacial score (nSPS) is 12.7. The third kappa shape index (κ3) is 6.92. The zero-order chi connectivity index (χ0) is 24.9. The van der Waals surface area contributed by atoms with E-state index >= 15 is 0 Å². The van der Waals surface area contributed by atoms with E-state index in [1.165, 1.54) is 10.8 Å². The average molecular weight is 479 g/mol. The first-order valence-corrected chi connectivity index (χ1v) is 14.4. The molecule has 0 N–H and O–H groups in total. The number of aliphatic imine (C=N–C) groups is 1. The number of nitrogens with zero attached hydrogens (tertiary/aromatic N) is 2. The molecule has 0 saturated heterocycles. The van der Waals surface area contributed by atoms with Crippen molar-refractivity contribution in [3.63, 3.8) is 0 Å². The third-order valence-electron chi connectivity index (χ3n) is 4.34. The Labute approximate surface area is 200 Å². The van der Waals surface area contributed by atoms with Gasteiger partial charge in [-0.15, -0.1) is 0 Å². The van der Waals surface area contributed by atoms with E-state index in [0.29, 0.717) is 16.6 Å². The number of para-hydroxylation sites is 1. The molecule has 0 amide bonds. The summed E-state index contributed by atoms with van der Waals surface area (Å²) in [6, 6.07) is 16.2. The van der Waals surface area contributed by atoms with Crippen LogP contribution in [-0.2, 0) is 13.9 Å². The number of esters is 1. The smallest absolute Gasteiger partial charge is 0.419 e. The summed E-state index contributed by atoms with van der Waals surface area (Å²) in [6.07, 6.45) is 4.16. The quantitative estimate of drug-likeness (QED) is 0.178. The molecule has 0 radical (unpaired) electrons. The van der Waals surface area contributed by atoms with E-state index in [4.69, 9.17) is 13.9 Å². The van der Waals surface area contributed by atoms with Gasteiger partial charge in [0.05, 0.1) is 11.1 Å². The number of carbonyl (C=O) groups is 2. The highest BCUT2D eigenvalue weighted by Crippen LogP contribution is 2.22. The van der Waals surface area contributed by atoms with E-state index < -0.39 is 26.0 Å². The van der Waals surface area contributed by atoms with E-state index in [1.807, 2.05) is 70.7 Å². The molecule has 0 spiro atoms. The molecule has 7 nitrogen and oxygen atoms in total. The molecule has 0 aliphatic rings. The number of ether oxygens (including phenoxy) is 2. The molecule has 0 aliphatic heterocycles. The van der Waals surface area contributed by atoms with Crippen molar-refractivity contribution in [2.75, 3.05) is 0 Å². The molecule has 0 fully saturated rings. The van der Waals surface area contributed by atoms with Gasteiger partial charge in [0.1, 0.15) is 11.8 Å². The van der Waals surface area contributed by atoms with Crippen molar-refractivity contribution in [2.24, 2.45) is 4.99 Å². The highest BCUT2D eigenvalue weighted by molar-refractivity contribution is 6.70. The molecule has 0 unspecified atom stereocenters. The van der Waals surface area contributed by atoms with Gasteiger partial charge in [0, 0.05) is 23.4 Å². The van der Waals surface area contributed by atoms with Crippen molar-refractivity contribution < 1.29 is 23.5 Å². The van der Waals surface area contributed by atoms with E-state index in [9.17, 15) is 9.59 Å². The molecule has 34 heavy (non-hydrogen) atoms. The van der Waals surface area contributed by atoms with Gasteiger partial charge in [-0.05, 0) is 58.6 Å². The van der Waals surface area contributed by atoms with Crippen molar-refractivity contribution in [3.8, 4) is 0 Å². The van der Waals surface area contributed by atoms with E-state index in [1.54, 1.807) is 36.7 Å². The van der Waals surface area contributed by atoms with Gasteiger partial charge < -0.3 is 13.9 Å². The van der Waals surface area contributed by atoms with E-state index in [-0.39, 0.29) is 5.95 Å². The Balaban J connectivity index is 1.90. The first-order valence-electron chi connectivity index (χ1n) is 11.0. The van der Waals surface area contributed by atoms with Crippen LogP contribution in [0.3, 0.4) is 0 Å². The summed E-state index contributed by atoms with van der Waals surface area (Å²) in [7, 11) is -2.08. The molecule has 1 heterocycles. The lowest BCUT2D eigenvalue weighted by Crippen LogP contribution is -2.26. The van der Waals surface area contributed by atoms with Crippen LogP contribution in [0.25, 0.3) is 10.9 Å². The second kappa shape index (κ2) is 10.1. The van der Waals surface area contributed by atoms with Crippen molar-refractivity contribution in [2.45, 2.75) is 46.0 Å². The van der Waals surface area contributed by atoms with Crippen LogP contribution in [0.2, 0.25) is 19.6 Å². The Morgan fingerprint density at radius 3 is 2.26 bits per heavy atom. The predicted octanol–water partition coefficient (Wildman–Crippen LogP) is 6.35. The van der Waals surface area contributed by atoms with Crippen LogP contribution < -0.4 is 0 Å². The Morgan fingerprint density at radius 1 is 0.971 bits per heavy atom.